The Morgan fingerprint density at radius 2 is 2.27 bits per heavy atom. The molecule has 1 unspecified atom stereocenters. The number of rotatable bonds is 4. The maximum absolute atomic E-state index is 11.0. The normalized spacial score (nSPS) is 12.5. The maximum Gasteiger partial charge on any atom is 0.312 e. The molecule has 1 aromatic rings. The van der Waals surface area contributed by atoms with Crippen molar-refractivity contribution in [1.82, 2.24) is 0 Å². The molecule has 3 nitrogen and oxygen atoms in total. The van der Waals surface area contributed by atoms with Crippen LogP contribution in [0.4, 0.5) is 0 Å². The van der Waals surface area contributed by atoms with Crippen LogP contribution in [0.5, 0.6) is 0 Å². The van der Waals surface area contributed by atoms with Gasteiger partial charge in [-0.25, -0.2) is 0 Å². The molecule has 0 fully saturated rings. The summed E-state index contributed by atoms with van der Waals surface area (Å²) in [7, 11) is 0. The molecule has 0 aromatic heterocycles. The minimum absolute atomic E-state index is 0.134. The highest BCUT2D eigenvalue weighted by molar-refractivity contribution is 7.98. The fourth-order valence-corrected chi connectivity index (χ4v) is 2.03. The summed E-state index contributed by atoms with van der Waals surface area (Å²) in [5, 5.41) is 8.99. The lowest BCUT2D eigenvalue weighted by molar-refractivity contribution is -0.138. The van der Waals surface area contributed by atoms with E-state index in [4.69, 9.17) is 10.8 Å². The van der Waals surface area contributed by atoms with Gasteiger partial charge in [0.1, 0.15) is 0 Å². The Morgan fingerprint density at radius 1 is 1.60 bits per heavy atom. The van der Waals surface area contributed by atoms with Crippen molar-refractivity contribution in [2.24, 2.45) is 5.73 Å². The van der Waals surface area contributed by atoms with Gasteiger partial charge in [-0.3, -0.25) is 4.79 Å². The first kappa shape index (κ1) is 12.1. The lowest BCUT2D eigenvalue weighted by Crippen LogP contribution is -2.21. The number of carboxylic acid groups (broad SMARTS) is 1. The maximum atomic E-state index is 11.0. The van der Waals surface area contributed by atoms with Gasteiger partial charge in [0.15, 0.2) is 0 Å². The van der Waals surface area contributed by atoms with E-state index in [0.717, 1.165) is 16.0 Å². The Labute approximate surface area is 93.7 Å². The SMILES string of the molecule is CSc1ccc(C(CN)C(=O)O)c(C)c1. The first-order valence-electron chi connectivity index (χ1n) is 4.67. The number of aliphatic carboxylic acids is 1. The molecular weight excluding hydrogens is 210 g/mol. The van der Waals surface area contributed by atoms with Crippen LogP contribution in [0.3, 0.4) is 0 Å². The molecule has 4 heteroatoms. The largest absolute Gasteiger partial charge is 0.481 e. The molecule has 0 bridgehead atoms. The van der Waals surface area contributed by atoms with E-state index in [0.29, 0.717) is 0 Å². The van der Waals surface area contributed by atoms with E-state index >= 15 is 0 Å². The number of carboxylic acids is 1. The van der Waals surface area contributed by atoms with E-state index in [1.165, 1.54) is 0 Å². The topological polar surface area (TPSA) is 63.3 Å². The van der Waals surface area contributed by atoms with Crippen LogP contribution in [0.1, 0.15) is 17.0 Å². The minimum atomic E-state index is -0.863. The van der Waals surface area contributed by atoms with Crippen molar-refractivity contribution in [2.45, 2.75) is 17.7 Å². The molecule has 0 amide bonds. The van der Waals surface area contributed by atoms with E-state index in [1.54, 1.807) is 11.8 Å². The Hall–Kier alpha value is -1.00. The number of thioether (sulfide) groups is 1. The van der Waals surface area contributed by atoms with Crippen LogP contribution in [0.15, 0.2) is 23.1 Å². The van der Waals surface area contributed by atoms with E-state index in [9.17, 15) is 4.79 Å². The fraction of sp³-hybridized carbons (Fsp3) is 0.364. The molecule has 0 radical (unpaired) electrons. The number of nitrogens with two attached hydrogens (primary N) is 1. The molecule has 15 heavy (non-hydrogen) atoms. The number of carbonyl (C=O) groups is 1. The second-order valence-corrected chi connectivity index (χ2v) is 4.23. The van der Waals surface area contributed by atoms with Gasteiger partial charge in [0.05, 0.1) is 5.92 Å². The van der Waals surface area contributed by atoms with Crippen LogP contribution < -0.4 is 5.73 Å². The molecule has 1 atom stereocenters. The highest BCUT2D eigenvalue weighted by atomic mass is 32.2. The molecule has 1 aromatic carbocycles. The van der Waals surface area contributed by atoms with E-state index in [-0.39, 0.29) is 6.54 Å². The van der Waals surface area contributed by atoms with Crippen LogP contribution in [0.2, 0.25) is 0 Å². The molecular formula is C11H15NO2S. The highest BCUT2D eigenvalue weighted by Crippen LogP contribution is 2.24. The van der Waals surface area contributed by atoms with Crippen LogP contribution in [-0.2, 0) is 4.79 Å². The summed E-state index contributed by atoms with van der Waals surface area (Å²) in [5.41, 5.74) is 7.25. The highest BCUT2D eigenvalue weighted by Gasteiger charge is 2.19. The van der Waals surface area contributed by atoms with Crippen LogP contribution in [0.25, 0.3) is 0 Å². The molecule has 82 valence electrons. The third kappa shape index (κ3) is 2.73. The average Bonchev–Trinajstić information content (AvgIpc) is 2.20. The Kier molecular flexibility index (Phi) is 4.17. The quantitative estimate of drug-likeness (QED) is 0.767. The van der Waals surface area contributed by atoms with Crippen molar-refractivity contribution < 1.29 is 9.90 Å². The zero-order chi connectivity index (χ0) is 11.4. The summed E-state index contributed by atoms with van der Waals surface area (Å²) in [4.78, 5) is 12.1. The predicted octanol–water partition coefficient (Wildman–Crippen LogP) is 1.84. The van der Waals surface area contributed by atoms with Gasteiger partial charge in [-0.1, -0.05) is 6.07 Å². The van der Waals surface area contributed by atoms with Gasteiger partial charge in [0.2, 0.25) is 0 Å². The molecule has 0 aliphatic carbocycles. The Morgan fingerprint density at radius 3 is 2.67 bits per heavy atom. The molecule has 0 aliphatic rings. The fourth-order valence-electron chi connectivity index (χ4n) is 1.53. The zero-order valence-corrected chi connectivity index (χ0v) is 9.67. The van der Waals surface area contributed by atoms with Gasteiger partial charge in [0.25, 0.3) is 0 Å². The lowest BCUT2D eigenvalue weighted by atomic mass is 9.95. The second kappa shape index (κ2) is 5.19. The monoisotopic (exact) mass is 225 g/mol. The van der Waals surface area contributed by atoms with Gasteiger partial charge in [-0.05, 0) is 36.4 Å². The van der Waals surface area contributed by atoms with Crippen molar-refractivity contribution in [3.05, 3.63) is 29.3 Å². The second-order valence-electron chi connectivity index (χ2n) is 3.35. The average molecular weight is 225 g/mol. The van der Waals surface area contributed by atoms with Crippen molar-refractivity contribution in [2.75, 3.05) is 12.8 Å². The van der Waals surface area contributed by atoms with Gasteiger partial charge in [-0.2, -0.15) is 0 Å². The number of benzene rings is 1. The summed E-state index contributed by atoms with van der Waals surface area (Å²) >= 11 is 1.64. The van der Waals surface area contributed by atoms with Crippen LogP contribution >= 0.6 is 11.8 Å². The van der Waals surface area contributed by atoms with Gasteiger partial charge < -0.3 is 10.8 Å². The Bertz CT molecular complexity index is 366. The van der Waals surface area contributed by atoms with Gasteiger partial charge >= 0.3 is 5.97 Å². The summed E-state index contributed by atoms with van der Waals surface area (Å²) < 4.78 is 0. The van der Waals surface area contributed by atoms with Gasteiger partial charge in [0, 0.05) is 11.4 Å². The zero-order valence-electron chi connectivity index (χ0n) is 8.86. The Balaban J connectivity index is 3.08. The summed E-state index contributed by atoms with van der Waals surface area (Å²) in [6, 6.07) is 5.77. The molecule has 0 saturated heterocycles. The first-order chi connectivity index (χ1) is 7.10. The minimum Gasteiger partial charge on any atom is -0.481 e. The van der Waals surface area contributed by atoms with Gasteiger partial charge in [-0.15, -0.1) is 11.8 Å². The third-order valence-electron chi connectivity index (χ3n) is 2.39. The molecule has 0 aliphatic heterocycles. The van der Waals surface area contributed by atoms with Crippen molar-refractivity contribution in [1.29, 1.82) is 0 Å². The van der Waals surface area contributed by atoms with Crippen molar-refractivity contribution >= 4 is 17.7 Å². The first-order valence-corrected chi connectivity index (χ1v) is 5.90. The smallest absolute Gasteiger partial charge is 0.312 e. The predicted molar refractivity (Wildman–Crippen MR) is 62.4 cm³/mol. The number of aryl methyl sites for hydroxylation is 1. The van der Waals surface area contributed by atoms with Crippen molar-refractivity contribution in [3.8, 4) is 0 Å². The summed E-state index contributed by atoms with van der Waals surface area (Å²) in [5.74, 6) is -1.46. The molecule has 0 heterocycles. The molecule has 1 rings (SSSR count). The summed E-state index contributed by atoms with van der Waals surface area (Å²) in [6.07, 6.45) is 1.99. The molecule has 3 N–H and O–H groups in total. The third-order valence-corrected chi connectivity index (χ3v) is 3.11. The number of hydrogen-bond acceptors (Lipinski definition) is 3. The standard InChI is InChI=1S/C11H15NO2S/c1-7-5-8(15-2)3-4-9(7)10(6-12)11(13)14/h3-5,10H,6,12H2,1-2H3,(H,13,14). The summed E-state index contributed by atoms with van der Waals surface area (Å²) in [6.45, 7) is 2.05. The lowest BCUT2D eigenvalue weighted by Gasteiger charge is -2.13. The number of hydrogen-bond donors (Lipinski definition) is 2. The van der Waals surface area contributed by atoms with E-state index < -0.39 is 11.9 Å². The van der Waals surface area contributed by atoms with E-state index in [1.807, 2.05) is 31.4 Å². The van der Waals surface area contributed by atoms with Crippen LogP contribution in [0, 0.1) is 6.92 Å². The van der Waals surface area contributed by atoms with Crippen molar-refractivity contribution in [3.63, 3.8) is 0 Å². The molecule has 0 saturated carbocycles. The van der Waals surface area contributed by atoms with E-state index in [2.05, 4.69) is 0 Å². The molecule has 0 spiro atoms. The van der Waals surface area contributed by atoms with Crippen LogP contribution in [-0.4, -0.2) is 23.9 Å².